The number of carbonyl (C=O) groups excluding carboxylic acids is 1. The van der Waals surface area contributed by atoms with E-state index in [1.807, 2.05) is 4.90 Å². The van der Waals surface area contributed by atoms with Crippen molar-refractivity contribution in [2.75, 3.05) is 45.9 Å². The van der Waals surface area contributed by atoms with Gasteiger partial charge in [-0.25, -0.2) is 0 Å². The average molecular weight is 282 g/mol. The zero-order valence-electron chi connectivity index (χ0n) is 11.1. The van der Waals surface area contributed by atoms with Crippen molar-refractivity contribution in [1.29, 1.82) is 5.26 Å². The molecule has 3 N–H and O–H groups in total. The number of nitrogens with zero attached hydrogens (tertiary/aromatic N) is 3. The third-order valence-electron chi connectivity index (χ3n) is 2.90. The van der Waals surface area contributed by atoms with Crippen LogP contribution in [-0.4, -0.2) is 77.8 Å². The highest BCUT2D eigenvalue weighted by molar-refractivity contribution is 5.98. The van der Waals surface area contributed by atoms with Crippen LogP contribution in [0.4, 0.5) is 0 Å². The molecule has 0 aromatic rings. The number of carbonyl (C=O) groups is 2. The Morgan fingerprint density at radius 1 is 1.30 bits per heavy atom. The van der Waals surface area contributed by atoms with Gasteiger partial charge >= 0.3 is 5.97 Å². The van der Waals surface area contributed by atoms with Crippen molar-refractivity contribution >= 4 is 11.9 Å². The summed E-state index contributed by atoms with van der Waals surface area (Å²) in [5, 5.41) is 28.4. The van der Waals surface area contributed by atoms with Crippen LogP contribution < -0.4 is 5.32 Å². The van der Waals surface area contributed by atoms with Crippen LogP contribution in [0.1, 0.15) is 0 Å². The molecule has 8 nitrogen and oxygen atoms in total. The topological polar surface area (TPSA) is 117 Å². The predicted molar refractivity (Wildman–Crippen MR) is 69.4 cm³/mol. The van der Waals surface area contributed by atoms with Crippen LogP contribution in [0.2, 0.25) is 0 Å². The van der Waals surface area contributed by atoms with Gasteiger partial charge in [0.05, 0.1) is 6.61 Å². The predicted octanol–water partition coefficient (Wildman–Crippen LogP) is -1.80. The second-order valence-electron chi connectivity index (χ2n) is 4.33. The summed E-state index contributed by atoms with van der Waals surface area (Å²) in [5.74, 6) is -1.85. The second kappa shape index (κ2) is 8.14. The Bertz CT molecular complexity index is 422. The molecule has 1 heterocycles. The van der Waals surface area contributed by atoms with E-state index in [1.165, 1.54) is 6.20 Å². The first-order chi connectivity index (χ1) is 9.56. The van der Waals surface area contributed by atoms with Gasteiger partial charge in [-0.2, -0.15) is 5.26 Å². The van der Waals surface area contributed by atoms with Crippen molar-refractivity contribution in [3.05, 3.63) is 11.8 Å². The van der Waals surface area contributed by atoms with E-state index in [4.69, 9.17) is 15.5 Å². The highest BCUT2D eigenvalue weighted by atomic mass is 16.4. The zero-order valence-corrected chi connectivity index (χ0v) is 11.1. The molecule has 1 fully saturated rings. The molecule has 20 heavy (non-hydrogen) atoms. The van der Waals surface area contributed by atoms with E-state index < -0.39 is 18.4 Å². The van der Waals surface area contributed by atoms with Gasteiger partial charge < -0.3 is 20.4 Å². The minimum absolute atomic E-state index is 0.108. The minimum Gasteiger partial charge on any atom is -0.480 e. The molecule has 1 aliphatic heterocycles. The highest BCUT2D eigenvalue weighted by Gasteiger charge is 2.17. The van der Waals surface area contributed by atoms with E-state index in [-0.39, 0.29) is 12.2 Å². The molecule has 0 aromatic heterocycles. The van der Waals surface area contributed by atoms with E-state index in [0.29, 0.717) is 19.6 Å². The van der Waals surface area contributed by atoms with Crippen molar-refractivity contribution in [2.24, 2.45) is 0 Å². The quantitative estimate of drug-likeness (QED) is 0.389. The molecule has 110 valence electrons. The average Bonchev–Trinajstić information content (AvgIpc) is 2.44. The smallest absolute Gasteiger partial charge is 0.322 e. The Labute approximate surface area is 116 Å². The number of carboxylic acids is 1. The Kier molecular flexibility index (Phi) is 6.49. The number of hydrogen-bond acceptors (Lipinski definition) is 6. The maximum Gasteiger partial charge on any atom is 0.322 e. The molecule has 1 amide bonds. The fourth-order valence-electron chi connectivity index (χ4n) is 1.83. The summed E-state index contributed by atoms with van der Waals surface area (Å²) < 4.78 is 0. The molecular formula is C12H18N4O4. The van der Waals surface area contributed by atoms with Crippen molar-refractivity contribution < 1.29 is 19.8 Å². The van der Waals surface area contributed by atoms with E-state index in [9.17, 15) is 9.59 Å². The molecule has 0 atom stereocenters. The number of aliphatic hydroxyl groups excluding tert-OH is 1. The number of amides is 1. The van der Waals surface area contributed by atoms with Crippen LogP contribution >= 0.6 is 0 Å². The zero-order chi connectivity index (χ0) is 15.0. The number of nitrogens with one attached hydrogen (secondary N) is 1. The molecule has 0 saturated carbocycles. The Morgan fingerprint density at radius 3 is 2.45 bits per heavy atom. The number of piperazine rings is 1. The van der Waals surface area contributed by atoms with Crippen LogP contribution in [-0.2, 0) is 9.59 Å². The molecule has 0 spiro atoms. The fraction of sp³-hybridized carbons (Fsp3) is 0.583. The summed E-state index contributed by atoms with van der Waals surface area (Å²) in [4.78, 5) is 25.9. The Hall–Kier alpha value is -2.11. The van der Waals surface area contributed by atoms with E-state index >= 15 is 0 Å². The first-order valence-corrected chi connectivity index (χ1v) is 6.26. The van der Waals surface area contributed by atoms with E-state index in [0.717, 1.165) is 13.1 Å². The van der Waals surface area contributed by atoms with Gasteiger partial charge in [-0.3, -0.25) is 14.5 Å². The molecule has 0 aliphatic carbocycles. The molecular weight excluding hydrogens is 264 g/mol. The molecule has 0 radical (unpaired) electrons. The largest absolute Gasteiger partial charge is 0.480 e. The van der Waals surface area contributed by atoms with Crippen LogP contribution in [0, 0.1) is 11.3 Å². The lowest BCUT2D eigenvalue weighted by Gasteiger charge is -2.33. The summed E-state index contributed by atoms with van der Waals surface area (Å²) in [5.41, 5.74) is -0.109. The van der Waals surface area contributed by atoms with Gasteiger partial charge in [-0.05, 0) is 0 Å². The molecule has 1 saturated heterocycles. The number of hydrogen-bond donors (Lipinski definition) is 3. The van der Waals surface area contributed by atoms with Crippen molar-refractivity contribution in [3.8, 4) is 6.07 Å². The first kappa shape index (κ1) is 15.9. The third-order valence-corrected chi connectivity index (χ3v) is 2.90. The van der Waals surface area contributed by atoms with Gasteiger partial charge in [0.25, 0.3) is 5.91 Å². The van der Waals surface area contributed by atoms with Gasteiger partial charge in [-0.15, -0.1) is 0 Å². The van der Waals surface area contributed by atoms with Gasteiger partial charge in [0.15, 0.2) is 0 Å². The van der Waals surface area contributed by atoms with Gasteiger partial charge in [0.2, 0.25) is 0 Å². The molecule has 0 bridgehead atoms. The van der Waals surface area contributed by atoms with Crippen LogP contribution in [0.3, 0.4) is 0 Å². The number of β-amino-alcohol motifs (C(OH)–C–C–N with tert-alkyl or cyclic N) is 1. The molecule has 8 heteroatoms. The van der Waals surface area contributed by atoms with Gasteiger partial charge in [-0.1, -0.05) is 0 Å². The summed E-state index contributed by atoms with van der Waals surface area (Å²) >= 11 is 0. The number of aliphatic carboxylic acids is 1. The van der Waals surface area contributed by atoms with Crippen LogP contribution in [0.25, 0.3) is 0 Å². The van der Waals surface area contributed by atoms with E-state index in [1.54, 1.807) is 6.07 Å². The SMILES string of the molecule is N#C/C(=C/N1CCN(CCO)CC1)C(=O)NCC(=O)O. The first-order valence-electron chi connectivity index (χ1n) is 6.26. The van der Waals surface area contributed by atoms with E-state index in [2.05, 4.69) is 10.2 Å². The Morgan fingerprint density at radius 2 is 1.95 bits per heavy atom. The van der Waals surface area contributed by atoms with Gasteiger partial charge in [0.1, 0.15) is 18.2 Å². The van der Waals surface area contributed by atoms with Crippen molar-refractivity contribution in [3.63, 3.8) is 0 Å². The summed E-state index contributed by atoms with van der Waals surface area (Å²) in [7, 11) is 0. The van der Waals surface area contributed by atoms with Crippen LogP contribution in [0.15, 0.2) is 11.8 Å². The third kappa shape index (κ3) is 5.26. The van der Waals surface area contributed by atoms with Crippen LogP contribution in [0.5, 0.6) is 0 Å². The van der Waals surface area contributed by atoms with Crippen molar-refractivity contribution in [1.82, 2.24) is 15.1 Å². The molecule has 0 aromatic carbocycles. The van der Waals surface area contributed by atoms with Gasteiger partial charge in [0, 0.05) is 38.9 Å². The standard InChI is InChI=1S/C12H18N4O4/c13-7-10(12(20)14-8-11(18)19)9-16-3-1-15(2-4-16)5-6-17/h9,17H,1-6,8H2,(H,14,20)(H,18,19)/b10-9-. The Balaban J connectivity index is 2.51. The molecule has 1 rings (SSSR count). The number of carboxylic acid groups (broad SMARTS) is 1. The summed E-state index contributed by atoms with van der Waals surface area (Å²) in [6, 6.07) is 1.77. The second-order valence-corrected chi connectivity index (χ2v) is 4.33. The maximum absolute atomic E-state index is 11.6. The lowest BCUT2D eigenvalue weighted by Crippen LogP contribution is -2.45. The molecule has 1 aliphatic rings. The normalized spacial score (nSPS) is 16.6. The minimum atomic E-state index is -1.16. The molecule has 0 unspecified atom stereocenters. The monoisotopic (exact) mass is 282 g/mol. The summed E-state index contributed by atoms with van der Waals surface area (Å²) in [6.45, 7) is 2.99. The lowest BCUT2D eigenvalue weighted by molar-refractivity contribution is -0.137. The number of nitriles is 1. The lowest BCUT2D eigenvalue weighted by atomic mass is 10.2. The highest BCUT2D eigenvalue weighted by Crippen LogP contribution is 2.04. The number of rotatable bonds is 6. The maximum atomic E-state index is 11.6. The van der Waals surface area contributed by atoms with Crippen molar-refractivity contribution in [2.45, 2.75) is 0 Å². The fourth-order valence-corrected chi connectivity index (χ4v) is 1.83. The summed E-state index contributed by atoms with van der Waals surface area (Å²) in [6.07, 6.45) is 1.45. The number of aliphatic hydroxyl groups is 1.